The Hall–Kier alpha value is -2.12. The van der Waals surface area contributed by atoms with Crippen LogP contribution in [0.15, 0.2) is 35.8 Å². The van der Waals surface area contributed by atoms with Crippen LogP contribution in [0.4, 0.5) is 10.5 Å². The van der Waals surface area contributed by atoms with E-state index in [2.05, 4.69) is 10.3 Å². The molecular formula is C19H25N3O3S. The molecule has 0 spiro atoms. The van der Waals surface area contributed by atoms with Crippen LogP contribution in [0.25, 0.3) is 0 Å². The molecule has 26 heavy (non-hydrogen) atoms. The maximum absolute atomic E-state index is 12.9. The highest BCUT2D eigenvalue weighted by Crippen LogP contribution is 2.29. The Kier molecular flexibility index (Phi) is 6.46. The topological polar surface area (TPSA) is 74.7 Å². The highest BCUT2D eigenvalue weighted by atomic mass is 32.1. The number of amides is 2. The molecule has 1 aliphatic rings. The molecule has 0 radical (unpaired) electrons. The number of thiophene rings is 1. The van der Waals surface area contributed by atoms with Gasteiger partial charge >= 0.3 is 6.03 Å². The van der Waals surface area contributed by atoms with E-state index in [0.717, 1.165) is 30.6 Å². The Morgan fingerprint density at radius 2 is 2.31 bits per heavy atom. The van der Waals surface area contributed by atoms with Crippen molar-refractivity contribution in [3.05, 3.63) is 40.7 Å². The molecular weight excluding hydrogens is 350 g/mol. The molecule has 1 saturated heterocycles. The minimum atomic E-state index is -0.540. The molecule has 2 aromatic rings. The molecule has 2 atom stereocenters. The fraction of sp³-hybridized carbons (Fsp3) is 0.474. The van der Waals surface area contributed by atoms with Crippen molar-refractivity contribution >= 4 is 23.1 Å². The summed E-state index contributed by atoms with van der Waals surface area (Å²) in [6.45, 7) is 0.691. The van der Waals surface area contributed by atoms with Gasteiger partial charge in [-0.1, -0.05) is 18.9 Å². The van der Waals surface area contributed by atoms with Crippen LogP contribution in [0, 0.1) is 0 Å². The number of nitrogens with zero attached hydrogens (tertiary/aromatic N) is 2. The van der Waals surface area contributed by atoms with Gasteiger partial charge in [0.15, 0.2) is 0 Å². The second-order valence-corrected chi connectivity index (χ2v) is 7.43. The van der Waals surface area contributed by atoms with Gasteiger partial charge in [0.1, 0.15) is 5.69 Å². The first kappa shape index (κ1) is 18.7. The summed E-state index contributed by atoms with van der Waals surface area (Å²) in [6, 6.07) is 7.26. The average molecular weight is 375 g/mol. The van der Waals surface area contributed by atoms with Crippen molar-refractivity contribution in [3.8, 4) is 5.88 Å². The number of aromatic nitrogens is 1. The number of rotatable bonds is 5. The van der Waals surface area contributed by atoms with Crippen LogP contribution in [0.1, 0.15) is 43.1 Å². The molecule has 2 aromatic heterocycles. The number of aliphatic hydroxyl groups excluding tert-OH is 1. The first-order chi connectivity index (χ1) is 12.7. The Bertz CT molecular complexity index is 708. The van der Waals surface area contributed by atoms with Crippen molar-refractivity contribution in [3.63, 3.8) is 0 Å². The number of hydrogen-bond acceptors (Lipinski definition) is 5. The van der Waals surface area contributed by atoms with E-state index in [9.17, 15) is 9.90 Å². The van der Waals surface area contributed by atoms with Crippen molar-refractivity contribution < 1.29 is 14.6 Å². The van der Waals surface area contributed by atoms with Gasteiger partial charge in [-0.05, 0) is 42.8 Å². The summed E-state index contributed by atoms with van der Waals surface area (Å²) in [4.78, 5) is 19.8. The average Bonchev–Trinajstić information content (AvgIpc) is 3.09. The Labute approximate surface area is 157 Å². The Morgan fingerprint density at radius 1 is 1.42 bits per heavy atom. The van der Waals surface area contributed by atoms with Gasteiger partial charge in [-0.2, -0.15) is 0 Å². The van der Waals surface area contributed by atoms with Gasteiger partial charge in [0, 0.05) is 23.7 Å². The van der Waals surface area contributed by atoms with Crippen LogP contribution in [-0.4, -0.2) is 40.7 Å². The van der Waals surface area contributed by atoms with E-state index in [1.54, 1.807) is 29.7 Å². The molecule has 0 bridgehead atoms. The third-order valence-electron chi connectivity index (χ3n) is 4.71. The molecule has 1 fully saturated rings. The van der Waals surface area contributed by atoms with E-state index in [1.165, 1.54) is 7.11 Å². The molecule has 2 amide bonds. The second kappa shape index (κ2) is 9.00. The molecule has 2 N–H and O–H groups in total. The van der Waals surface area contributed by atoms with E-state index in [1.807, 2.05) is 22.4 Å². The number of pyridine rings is 1. The molecule has 3 heterocycles. The predicted molar refractivity (Wildman–Crippen MR) is 103 cm³/mol. The van der Waals surface area contributed by atoms with Crippen LogP contribution >= 0.6 is 11.3 Å². The second-order valence-electron chi connectivity index (χ2n) is 6.45. The van der Waals surface area contributed by atoms with Crippen molar-refractivity contribution in [1.29, 1.82) is 0 Å². The molecule has 0 unspecified atom stereocenters. The first-order valence-electron chi connectivity index (χ1n) is 8.97. The fourth-order valence-corrected chi connectivity index (χ4v) is 4.10. The molecule has 0 aliphatic carbocycles. The highest BCUT2D eigenvalue weighted by Gasteiger charge is 2.28. The zero-order valence-corrected chi connectivity index (χ0v) is 15.7. The molecule has 3 rings (SSSR count). The zero-order chi connectivity index (χ0) is 18.4. The van der Waals surface area contributed by atoms with Gasteiger partial charge in [0.2, 0.25) is 5.88 Å². The Morgan fingerprint density at radius 3 is 3.08 bits per heavy atom. The number of ether oxygens (including phenoxy) is 1. The zero-order valence-electron chi connectivity index (χ0n) is 14.9. The van der Waals surface area contributed by atoms with Gasteiger partial charge < -0.3 is 20.1 Å². The summed E-state index contributed by atoms with van der Waals surface area (Å²) in [5.74, 6) is 0.394. The van der Waals surface area contributed by atoms with Gasteiger partial charge in [-0.3, -0.25) is 0 Å². The minimum Gasteiger partial charge on any atom is -0.480 e. The summed E-state index contributed by atoms with van der Waals surface area (Å²) < 4.78 is 5.22. The molecule has 6 nitrogen and oxygen atoms in total. The number of nitrogens with one attached hydrogen (secondary N) is 1. The van der Waals surface area contributed by atoms with Crippen molar-refractivity contribution in [2.75, 3.05) is 19.0 Å². The third-order valence-corrected chi connectivity index (χ3v) is 5.68. The lowest BCUT2D eigenvalue weighted by molar-refractivity contribution is 0.118. The van der Waals surface area contributed by atoms with Gasteiger partial charge in [-0.25, -0.2) is 9.78 Å². The lowest BCUT2D eigenvalue weighted by Crippen LogP contribution is -2.43. The largest absolute Gasteiger partial charge is 0.480 e. The number of hydrogen-bond donors (Lipinski definition) is 2. The molecule has 1 aliphatic heterocycles. The van der Waals surface area contributed by atoms with Crippen LogP contribution < -0.4 is 10.1 Å². The number of carbonyl (C=O) groups excluding carboxylic acids is 1. The minimum absolute atomic E-state index is 0.0114. The summed E-state index contributed by atoms with van der Waals surface area (Å²) in [7, 11) is 1.53. The van der Waals surface area contributed by atoms with E-state index in [4.69, 9.17) is 4.74 Å². The molecule has 0 saturated carbocycles. The van der Waals surface area contributed by atoms with Gasteiger partial charge in [-0.15, -0.1) is 11.3 Å². The van der Waals surface area contributed by atoms with Crippen LogP contribution in [0.5, 0.6) is 5.88 Å². The van der Waals surface area contributed by atoms with Crippen LogP contribution in [0.3, 0.4) is 0 Å². The number of carbonyl (C=O) groups is 1. The molecule has 140 valence electrons. The predicted octanol–water partition coefficient (Wildman–Crippen LogP) is 4.05. The summed E-state index contributed by atoms with van der Waals surface area (Å²) in [5, 5.41) is 15.4. The number of aliphatic hydroxyl groups is 1. The standard InChI is InChI=1S/C19H25N3O3S/c1-25-18-15(8-5-10-20-18)21-19(24)22-11-4-2-3-7-14(22)13-16(23)17-9-6-12-26-17/h5-6,8-10,12,14,16,23H,2-4,7,11,13H2,1H3,(H,21,24)/t14-,16+/m1/s1. The van der Waals surface area contributed by atoms with Crippen molar-refractivity contribution in [1.82, 2.24) is 9.88 Å². The first-order valence-corrected chi connectivity index (χ1v) is 9.85. The lowest BCUT2D eigenvalue weighted by Gasteiger charge is -2.31. The summed E-state index contributed by atoms with van der Waals surface area (Å²) in [6.07, 6.45) is 5.69. The number of anilines is 1. The number of methoxy groups -OCH3 is 1. The SMILES string of the molecule is COc1ncccc1NC(=O)N1CCCCC[C@@H]1C[C@H](O)c1cccs1. The maximum atomic E-state index is 12.9. The lowest BCUT2D eigenvalue weighted by atomic mass is 10.0. The van der Waals surface area contributed by atoms with Gasteiger partial charge in [0.25, 0.3) is 0 Å². The summed E-state index contributed by atoms with van der Waals surface area (Å²) in [5.41, 5.74) is 0.557. The molecule has 7 heteroatoms. The van der Waals surface area contributed by atoms with E-state index in [0.29, 0.717) is 24.5 Å². The smallest absolute Gasteiger partial charge is 0.322 e. The fourth-order valence-electron chi connectivity index (χ4n) is 3.38. The Balaban J connectivity index is 1.72. The van der Waals surface area contributed by atoms with Crippen molar-refractivity contribution in [2.24, 2.45) is 0 Å². The third kappa shape index (κ3) is 4.53. The van der Waals surface area contributed by atoms with E-state index in [-0.39, 0.29) is 12.1 Å². The monoisotopic (exact) mass is 375 g/mol. The number of urea groups is 1. The normalized spacial score (nSPS) is 18.8. The van der Waals surface area contributed by atoms with E-state index < -0.39 is 6.10 Å². The van der Waals surface area contributed by atoms with Crippen LogP contribution in [0.2, 0.25) is 0 Å². The molecule has 0 aromatic carbocycles. The van der Waals surface area contributed by atoms with E-state index >= 15 is 0 Å². The van der Waals surface area contributed by atoms with Gasteiger partial charge in [0.05, 0.1) is 13.2 Å². The van der Waals surface area contributed by atoms with Crippen molar-refractivity contribution in [2.45, 2.75) is 44.2 Å². The summed E-state index contributed by atoms with van der Waals surface area (Å²) >= 11 is 1.55. The quantitative estimate of drug-likeness (QED) is 0.827. The highest BCUT2D eigenvalue weighted by molar-refractivity contribution is 7.10. The van der Waals surface area contributed by atoms with Crippen LogP contribution in [-0.2, 0) is 0 Å². The maximum Gasteiger partial charge on any atom is 0.322 e. The number of likely N-dealkylation sites (tertiary alicyclic amines) is 1.